The van der Waals surface area contributed by atoms with Crippen LogP contribution in [0, 0.1) is 0 Å². The molecule has 1 aromatic carbocycles. The van der Waals surface area contributed by atoms with E-state index in [-0.39, 0.29) is 29.7 Å². The Balaban J connectivity index is 1.93. The van der Waals surface area contributed by atoms with E-state index < -0.39 is 42.0 Å². The molecule has 0 aliphatic carbocycles. The molecule has 0 saturated carbocycles. The first-order valence-corrected chi connectivity index (χ1v) is 9.32. The summed E-state index contributed by atoms with van der Waals surface area (Å²) in [5, 5.41) is 9.86. The molecule has 1 aromatic heterocycles. The highest BCUT2D eigenvalue weighted by Gasteiger charge is 2.31. The van der Waals surface area contributed by atoms with Crippen molar-refractivity contribution in [2.24, 2.45) is 0 Å². The number of alkyl halides is 4. The maximum atomic E-state index is 13.4. The minimum Gasteiger partial charge on any atom is -0.350 e. The summed E-state index contributed by atoms with van der Waals surface area (Å²) < 4.78 is 53.6. The number of carbonyl (C=O) groups excluding carboxylic acids is 1. The van der Waals surface area contributed by atoms with E-state index in [0.717, 1.165) is 22.9 Å². The zero-order valence-corrected chi connectivity index (χ0v) is 16.0. The minimum absolute atomic E-state index is 0.0626. The molecule has 0 spiro atoms. The van der Waals surface area contributed by atoms with Crippen molar-refractivity contribution < 1.29 is 22.4 Å². The molecule has 0 radical (unpaired) electrons. The molecule has 10 heteroatoms. The highest BCUT2D eigenvalue weighted by atomic mass is 19.4. The van der Waals surface area contributed by atoms with Crippen molar-refractivity contribution in [3.63, 3.8) is 0 Å². The van der Waals surface area contributed by atoms with Gasteiger partial charge in [0.15, 0.2) is 0 Å². The van der Waals surface area contributed by atoms with E-state index in [1.165, 1.54) is 0 Å². The molecule has 2 atom stereocenters. The van der Waals surface area contributed by atoms with Crippen molar-refractivity contribution in [3.05, 3.63) is 39.8 Å². The number of aromatic nitrogens is 2. The average Bonchev–Trinajstić information content (AvgIpc) is 2.62. The van der Waals surface area contributed by atoms with Crippen LogP contribution in [0.4, 0.5) is 17.6 Å². The molecule has 6 nitrogen and oxygen atoms in total. The van der Waals surface area contributed by atoms with Gasteiger partial charge in [0.05, 0.1) is 16.6 Å². The van der Waals surface area contributed by atoms with Crippen LogP contribution >= 0.6 is 0 Å². The van der Waals surface area contributed by atoms with E-state index in [2.05, 4.69) is 15.7 Å². The van der Waals surface area contributed by atoms with Gasteiger partial charge in [0.2, 0.25) is 5.91 Å². The Morgan fingerprint density at radius 1 is 1.31 bits per heavy atom. The normalized spacial score (nSPS) is 20.2. The third kappa shape index (κ3) is 4.75. The second kappa shape index (κ2) is 8.10. The topological polar surface area (TPSA) is 76.0 Å². The first-order chi connectivity index (χ1) is 13.6. The smallest absolute Gasteiger partial charge is 0.350 e. The third-order valence-electron chi connectivity index (χ3n) is 4.82. The van der Waals surface area contributed by atoms with Crippen LogP contribution in [-0.2, 0) is 17.5 Å². The molecule has 2 heterocycles. The van der Waals surface area contributed by atoms with E-state index in [1.54, 1.807) is 13.8 Å². The molecule has 2 aromatic rings. The highest BCUT2D eigenvalue weighted by molar-refractivity contribution is 5.85. The van der Waals surface area contributed by atoms with Gasteiger partial charge in [-0.1, -0.05) is 13.8 Å². The van der Waals surface area contributed by atoms with Crippen LogP contribution in [0.3, 0.4) is 0 Å². The second-order valence-electron chi connectivity index (χ2n) is 7.52. The molecule has 0 bridgehead atoms. The van der Waals surface area contributed by atoms with Gasteiger partial charge < -0.3 is 10.6 Å². The third-order valence-corrected chi connectivity index (χ3v) is 4.82. The quantitative estimate of drug-likeness (QED) is 0.754. The van der Waals surface area contributed by atoms with Crippen LogP contribution in [-0.4, -0.2) is 41.0 Å². The number of hydrogen-bond donors (Lipinski definition) is 2. The highest BCUT2D eigenvalue weighted by Crippen LogP contribution is 2.32. The first kappa shape index (κ1) is 21.2. The van der Waals surface area contributed by atoms with E-state index in [1.807, 2.05) is 0 Å². The Bertz CT molecular complexity index is 971. The van der Waals surface area contributed by atoms with E-state index in [0.29, 0.717) is 12.2 Å². The Morgan fingerprint density at radius 2 is 2.03 bits per heavy atom. The van der Waals surface area contributed by atoms with Crippen LogP contribution in [0.25, 0.3) is 10.8 Å². The molecule has 1 aliphatic heterocycles. The monoisotopic (exact) mass is 414 g/mol. The largest absolute Gasteiger partial charge is 0.416 e. The molecule has 1 saturated heterocycles. The van der Waals surface area contributed by atoms with Gasteiger partial charge in [-0.3, -0.25) is 9.59 Å². The maximum absolute atomic E-state index is 13.4. The Labute approximate surface area is 164 Å². The number of halogens is 4. The number of piperidine rings is 1. The molecule has 1 aliphatic rings. The Kier molecular flexibility index (Phi) is 5.92. The van der Waals surface area contributed by atoms with Crippen molar-refractivity contribution >= 4 is 16.7 Å². The first-order valence-electron chi connectivity index (χ1n) is 9.32. The van der Waals surface area contributed by atoms with Gasteiger partial charge in [-0.05, 0) is 24.1 Å². The van der Waals surface area contributed by atoms with Gasteiger partial charge in [-0.2, -0.15) is 18.3 Å². The molecular weight excluding hydrogens is 392 g/mol. The second-order valence-corrected chi connectivity index (χ2v) is 7.52. The van der Waals surface area contributed by atoms with Gasteiger partial charge in [-0.25, -0.2) is 9.07 Å². The van der Waals surface area contributed by atoms with Crippen molar-refractivity contribution in [1.29, 1.82) is 0 Å². The summed E-state index contributed by atoms with van der Waals surface area (Å²) in [5.74, 6) is -0.785. The van der Waals surface area contributed by atoms with Crippen molar-refractivity contribution in [3.8, 4) is 0 Å². The predicted octanol–water partition coefficient (Wildman–Crippen LogP) is 2.35. The molecule has 0 unspecified atom stereocenters. The van der Waals surface area contributed by atoms with Crippen LogP contribution in [0.15, 0.2) is 23.0 Å². The average molecular weight is 414 g/mol. The lowest BCUT2D eigenvalue weighted by molar-refractivity contribution is -0.137. The summed E-state index contributed by atoms with van der Waals surface area (Å²) in [7, 11) is 0. The molecule has 158 valence electrons. The number of hydrogen-bond acceptors (Lipinski definition) is 4. The van der Waals surface area contributed by atoms with Gasteiger partial charge in [0.1, 0.15) is 12.7 Å². The number of nitrogens with zero attached hydrogens (tertiary/aromatic N) is 2. The maximum Gasteiger partial charge on any atom is 0.416 e. The van der Waals surface area contributed by atoms with Gasteiger partial charge in [-0.15, -0.1) is 0 Å². The zero-order valence-electron chi connectivity index (χ0n) is 16.0. The predicted molar refractivity (Wildman–Crippen MR) is 99.4 cm³/mol. The van der Waals surface area contributed by atoms with Crippen LogP contribution < -0.4 is 16.2 Å². The fourth-order valence-electron chi connectivity index (χ4n) is 3.43. The number of carbonyl (C=O) groups is 1. The van der Waals surface area contributed by atoms with E-state index in [9.17, 15) is 27.2 Å². The number of rotatable bonds is 4. The number of fused-ring (bicyclic) bond motifs is 1. The van der Waals surface area contributed by atoms with Crippen molar-refractivity contribution in [1.82, 2.24) is 20.4 Å². The molecular formula is C19H22F4N4O2. The van der Waals surface area contributed by atoms with Crippen LogP contribution in [0.5, 0.6) is 0 Å². The molecule has 29 heavy (non-hydrogen) atoms. The summed E-state index contributed by atoms with van der Waals surface area (Å²) in [4.78, 5) is 25.0. The minimum atomic E-state index is -4.54. The fourth-order valence-corrected chi connectivity index (χ4v) is 3.43. The van der Waals surface area contributed by atoms with Crippen LogP contribution in [0.2, 0.25) is 0 Å². The van der Waals surface area contributed by atoms with Crippen LogP contribution in [0.1, 0.15) is 37.4 Å². The van der Waals surface area contributed by atoms with Gasteiger partial charge in [0, 0.05) is 30.9 Å². The summed E-state index contributed by atoms with van der Waals surface area (Å²) in [6.07, 6.45) is -5.43. The molecule has 3 rings (SSSR count). The lowest BCUT2D eigenvalue weighted by atomic mass is 10.0. The summed E-state index contributed by atoms with van der Waals surface area (Å²) in [6, 6.07) is 2.47. The van der Waals surface area contributed by atoms with Gasteiger partial charge in [0.25, 0.3) is 5.56 Å². The fraction of sp³-hybridized carbons (Fsp3) is 0.526. The number of benzene rings is 1. The summed E-state index contributed by atoms with van der Waals surface area (Å²) in [6.45, 7) is 3.74. The lowest BCUT2D eigenvalue weighted by Gasteiger charge is -2.26. The Morgan fingerprint density at radius 3 is 2.66 bits per heavy atom. The van der Waals surface area contributed by atoms with E-state index >= 15 is 0 Å². The van der Waals surface area contributed by atoms with Crippen molar-refractivity contribution in [2.75, 3.05) is 13.1 Å². The van der Waals surface area contributed by atoms with E-state index in [4.69, 9.17) is 0 Å². The molecule has 2 N–H and O–H groups in total. The van der Waals surface area contributed by atoms with Gasteiger partial charge >= 0.3 is 6.18 Å². The molecule has 1 fully saturated rings. The summed E-state index contributed by atoms with van der Waals surface area (Å²) in [5.41, 5.74) is -1.23. The standard InChI is InChI=1S/C19H22F4N4O2/c1-10(2)17-15-5-11(19(21,22)23)3-4-14(15)18(29)27(26-17)9-16(28)25-13-6-12(20)7-24-8-13/h3-5,10,12-13,24H,6-9H2,1-2H3,(H,25,28)/t12-,13-/m1/s1. The number of nitrogens with one attached hydrogen (secondary N) is 2. The van der Waals surface area contributed by atoms with Crippen molar-refractivity contribution in [2.45, 2.75) is 51.1 Å². The zero-order chi connectivity index (χ0) is 21.3. The number of amides is 1. The Hall–Kier alpha value is -2.49. The summed E-state index contributed by atoms with van der Waals surface area (Å²) >= 11 is 0. The molecule has 1 amide bonds. The SMILES string of the molecule is CC(C)c1nn(CC(=O)N[C@H]2CNC[C@H](F)C2)c(=O)c2ccc(C(F)(F)F)cc12. The lowest BCUT2D eigenvalue weighted by Crippen LogP contribution is -2.50.